The predicted octanol–water partition coefficient (Wildman–Crippen LogP) is 1.91. The Labute approximate surface area is 114 Å². The van der Waals surface area contributed by atoms with Gasteiger partial charge in [-0.2, -0.15) is 0 Å². The maximum Gasteiger partial charge on any atom is 0.317 e. The fraction of sp³-hybridized carbons (Fsp3) is 0.857. The molecule has 0 saturated heterocycles. The van der Waals surface area contributed by atoms with E-state index in [0.717, 1.165) is 38.5 Å². The van der Waals surface area contributed by atoms with Gasteiger partial charge in [0.05, 0.1) is 7.11 Å². The minimum absolute atomic E-state index is 0.0546. The zero-order valence-corrected chi connectivity index (χ0v) is 11.9. The van der Waals surface area contributed by atoms with Crippen molar-refractivity contribution < 1.29 is 14.3 Å². The van der Waals surface area contributed by atoms with Gasteiger partial charge >= 0.3 is 12.0 Å². The molecule has 0 spiro atoms. The monoisotopic (exact) mass is 268 g/mol. The van der Waals surface area contributed by atoms with Crippen molar-refractivity contribution >= 4 is 12.0 Å². The van der Waals surface area contributed by atoms with Crippen LogP contribution in [0.15, 0.2) is 0 Å². The molecule has 5 heteroatoms. The lowest BCUT2D eigenvalue weighted by Crippen LogP contribution is -2.45. The van der Waals surface area contributed by atoms with Gasteiger partial charge in [0.2, 0.25) is 0 Å². The number of carbonyl (C=O) groups excluding carboxylic acids is 2. The Morgan fingerprint density at radius 3 is 2.32 bits per heavy atom. The van der Waals surface area contributed by atoms with Crippen molar-refractivity contribution in [3.63, 3.8) is 0 Å². The number of nitrogens with one attached hydrogen (secondary N) is 1. The summed E-state index contributed by atoms with van der Waals surface area (Å²) in [5, 5.41) is 3.02. The minimum Gasteiger partial charge on any atom is -0.469 e. The van der Waals surface area contributed by atoms with E-state index in [1.165, 1.54) is 7.11 Å². The summed E-state index contributed by atoms with van der Waals surface area (Å²) in [5.41, 5.74) is 0. The highest BCUT2D eigenvalue weighted by Crippen LogP contribution is 2.29. The minimum atomic E-state index is -0.122. The number of urea groups is 1. The SMILES string of the molecule is COC(=O)CC1CCC(N(C)C(=O)NC2CC2)CC1. The Bertz CT molecular complexity index is 334. The number of hydrogen-bond donors (Lipinski definition) is 1. The van der Waals surface area contributed by atoms with Gasteiger partial charge in [0.25, 0.3) is 0 Å². The van der Waals surface area contributed by atoms with Crippen LogP contribution >= 0.6 is 0 Å². The molecule has 0 atom stereocenters. The molecule has 108 valence electrons. The summed E-state index contributed by atoms with van der Waals surface area (Å²) in [4.78, 5) is 25.0. The van der Waals surface area contributed by atoms with Crippen molar-refractivity contribution in [3.05, 3.63) is 0 Å². The topological polar surface area (TPSA) is 58.6 Å². The highest BCUT2D eigenvalue weighted by Gasteiger charge is 2.30. The van der Waals surface area contributed by atoms with Gasteiger partial charge in [-0.15, -0.1) is 0 Å². The summed E-state index contributed by atoms with van der Waals surface area (Å²) < 4.78 is 4.70. The summed E-state index contributed by atoms with van der Waals surface area (Å²) in [6.45, 7) is 0. The van der Waals surface area contributed by atoms with Crippen LogP contribution < -0.4 is 5.32 Å². The molecule has 0 unspecified atom stereocenters. The molecule has 5 nitrogen and oxygen atoms in total. The van der Waals surface area contributed by atoms with E-state index in [1.54, 1.807) is 0 Å². The molecule has 2 fully saturated rings. The summed E-state index contributed by atoms with van der Waals surface area (Å²) in [6, 6.07) is 0.775. The fourth-order valence-electron chi connectivity index (χ4n) is 2.73. The number of nitrogens with zero attached hydrogens (tertiary/aromatic N) is 1. The number of carbonyl (C=O) groups is 2. The quantitative estimate of drug-likeness (QED) is 0.792. The average Bonchev–Trinajstić information content (AvgIpc) is 3.22. The Kier molecular flexibility index (Phi) is 4.66. The molecule has 2 aliphatic carbocycles. The zero-order chi connectivity index (χ0) is 13.8. The van der Waals surface area contributed by atoms with Gasteiger partial charge in [0, 0.05) is 25.6 Å². The Hall–Kier alpha value is -1.26. The fourth-order valence-corrected chi connectivity index (χ4v) is 2.73. The Balaban J connectivity index is 1.72. The number of rotatable bonds is 4. The first kappa shape index (κ1) is 14.2. The molecule has 0 aliphatic heterocycles. The summed E-state index contributed by atoms with van der Waals surface area (Å²) in [6.07, 6.45) is 6.71. The molecule has 0 aromatic heterocycles. The molecule has 0 radical (unpaired) electrons. The second-order valence-electron chi connectivity index (χ2n) is 5.79. The van der Waals surface area contributed by atoms with E-state index >= 15 is 0 Å². The van der Waals surface area contributed by atoms with Crippen LogP contribution in [0.4, 0.5) is 4.79 Å². The number of hydrogen-bond acceptors (Lipinski definition) is 3. The molecule has 2 saturated carbocycles. The van der Waals surface area contributed by atoms with Crippen LogP contribution in [0.5, 0.6) is 0 Å². The maximum atomic E-state index is 11.9. The van der Waals surface area contributed by atoms with Gasteiger partial charge in [-0.1, -0.05) is 0 Å². The summed E-state index contributed by atoms with van der Waals surface area (Å²) in [7, 11) is 3.31. The first-order valence-corrected chi connectivity index (χ1v) is 7.20. The van der Waals surface area contributed by atoms with Gasteiger partial charge in [-0.3, -0.25) is 4.79 Å². The van der Waals surface area contributed by atoms with Gasteiger partial charge in [0.1, 0.15) is 0 Å². The third-order valence-electron chi connectivity index (χ3n) is 4.27. The van der Waals surface area contributed by atoms with E-state index in [4.69, 9.17) is 4.74 Å². The molecule has 2 rings (SSSR count). The average molecular weight is 268 g/mol. The van der Waals surface area contributed by atoms with Gasteiger partial charge in [-0.25, -0.2) is 4.79 Å². The number of methoxy groups -OCH3 is 1. The number of ether oxygens (including phenoxy) is 1. The van der Waals surface area contributed by atoms with Crippen LogP contribution in [0, 0.1) is 5.92 Å². The molecular formula is C14H24N2O3. The molecule has 0 aromatic carbocycles. The van der Waals surface area contributed by atoms with E-state index in [-0.39, 0.29) is 12.0 Å². The molecule has 2 aliphatic rings. The lowest BCUT2D eigenvalue weighted by atomic mass is 9.83. The van der Waals surface area contributed by atoms with Crippen molar-refractivity contribution in [2.75, 3.05) is 14.2 Å². The van der Waals surface area contributed by atoms with E-state index in [2.05, 4.69) is 5.32 Å². The van der Waals surface area contributed by atoms with Crippen molar-refractivity contribution in [1.82, 2.24) is 10.2 Å². The summed E-state index contributed by atoms with van der Waals surface area (Å²) >= 11 is 0. The van der Waals surface area contributed by atoms with E-state index < -0.39 is 0 Å². The van der Waals surface area contributed by atoms with Crippen molar-refractivity contribution in [2.45, 2.75) is 57.0 Å². The highest BCUT2D eigenvalue weighted by atomic mass is 16.5. The molecule has 0 bridgehead atoms. The largest absolute Gasteiger partial charge is 0.469 e. The molecule has 1 N–H and O–H groups in total. The number of amides is 2. The van der Waals surface area contributed by atoms with E-state index in [0.29, 0.717) is 24.4 Å². The zero-order valence-electron chi connectivity index (χ0n) is 11.9. The Morgan fingerprint density at radius 2 is 1.79 bits per heavy atom. The molecular weight excluding hydrogens is 244 g/mol. The molecule has 19 heavy (non-hydrogen) atoms. The maximum absolute atomic E-state index is 11.9. The Morgan fingerprint density at radius 1 is 1.16 bits per heavy atom. The first-order valence-electron chi connectivity index (χ1n) is 7.20. The van der Waals surface area contributed by atoms with E-state index in [1.807, 2.05) is 11.9 Å². The van der Waals surface area contributed by atoms with E-state index in [9.17, 15) is 9.59 Å². The third kappa shape index (κ3) is 4.11. The normalized spacial score (nSPS) is 26.6. The predicted molar refractivity (Wildman–Crippen MR) is 71.7 cm³/mol. The van der Waals surface area contributed by atoms with Crippen LogP contribution in [-0.4, -0.2) is 43.1 Å². The number of esters is 1. The van der Waals surface area contributed by atoms with Crippen LogP contribution in [0.3, 0.4) is 0 Å². The summed E-state index contributed by atoms with van der Waals surface area (Å²) in [5.74, 6) is 0.298. The lowest BCUT2D eigenvalue weighted by molar-refractivity contribution is -0.142. The second kappa shape index (κ2) is 6.26. The van der Waals surface area contributed by atoms with Crippen LogP contribution in [-0.2, 0) is 9.53 Å². The third-order valence-corrected chi connectivity index (χ3v) is 4.27. The van der Waals surface area contributed by atoms with Crippen LogP contribution in [0.25, 0.3) is 0 Å². The van der Waals surface area contributed by atoms with Gasteiger partial charge in [0.15, 0.2) is 0 Å². The van der Waals surface area contributed by atoms with Crippen LogP contribution in [0.1, 0.15) is 44.9 Å². The van der Waals surface area contributed by atoms with Crippen molar-refractivity contribution in [2.24, 2.45) is 5.92 Å². The van der Waals surface area contributed by atoms with Crippen molar-refractivity contribution in [1.29, 1.82) is 0 Å². The highest BCUT2D eigenvalue weighted by molar-refractivity contribution is 5.75. The molecule has 0 heterocycles. The lowest BCUT2D eigenvalue weighted by Gasteiger charge is -2.34. The van der Waals surface area contributed by atoms with Crippen molar-refractivity contribution in [3.8, 4) is 0 Å². The van der Waals surface area contributed by atoms with Gasteiger partial charge < -0.3 is 15.0 Å². The molecule has 2 amide bonds. The molecule has 0 aromatic rings. The smallest absolute Gasteiger partial charge is 0.317 e. The standard InChI is InChI=1S/C14H24N2O3/c1-16(14(18)15-11-5-6-11)12-7-3-10(4-8-12)9-13(17)19-2/h10-12H,3-9H2,1-2H3,(H,15,18). The van der Waals surface area contributed by atoms with Gasteiger partial charge in [-0.05, 0) is 44.4 Å². The second-order valence-corrected chi connectivity index (χ2v) is 5.79. The van der Waals surface area contributed by atoms with Crippen LogP contribution in [0.2, 0.25) is 0 Å². The first-order chi connectivity index (χ1) is 9.10.